The van der Waals surface area contributed by atoms with Gasteiger partial charge in [-0.2, -0.15) is 16.8 Å². The summed E-state index contributed by atoms with van der Waals surface area (Å²) in [6.07, 6.45) is 0. The van der Waals surface area contributed by atoms with Gasteiger partial charge in [-0.05, 0) is 96.4 Å². The number of anilines is 6. The zero-order chi connectivity index (χ0) is 40.4. The summed E-state index contributed by atoms with van der Waals surface area (Å²) in [7, 11) is -18.0. The molecule has 0 saturated carbocycles. The van der Waals surface area contributed by atoms with E-state index in [-0.39, 0.29) is 65.5 Å². The summed E-state index contributed by atoms with van der Waals surface area (Å²) in [5, 5.41) is 27.2. The molecule has 0 atom stereocenters. The van der Waals surface area contributed by atoms with Crippen LogP contribution in [-0.4, -0.2) is 59.0 Å². The van der Waals surface area contributed by atoms with Gasteiger partial charge >= 0.3 is 6.03 Å². The van der Waals surface area contributed by atoms with Crippen LogP contribution in [0.15, 0.2) is 105 Å². The van der Waals surface area contributed by atoms with E-state index in [9.17, 15) is 57.8 Å². The molecule has 4 heterocycles. The number of nitrogens with one attached hydrogen (secondary N) is 2. The number of carbonyl (C=O) groups is 1. The lowest BCUT2D eigenvalue weighted by Crippen LogP contribution is -2.35. The van der Waals surface area contributed by atoms with E-state index in [1.54, 1.807) is 13.8 Å². The maximum atomic E-state index is 14.0. The third-order valence-corrected chi connectivity index (χ3v) is 14.9. The first-order valence-electron chi connectivity index (χ1n) is 16.0. The van der Waals surface area contributed by atoms with Gasteiger partial charge in [0.15, 0.2) is 0 Å². The number of phenolic OH excluding ortho intramolecular Hbond substituents is 2. The summed E-state index contributed by atoms with van der Waals surface area (Å²) in [6.45, 7) is 3.08. The smallest absolute Gasteiger partial charge is 0.323 e. The minimum Gasteiger partial charge on any atom is -0.507 e. The van der Waals surface area contributed by atoms with Gasteiger partial charge in [-0.25, -0.2) is 30.2 Å². The molecule has 0 aromatic heterocycles. The fraction of sp³-hybridized carbons (Fsp3) is 0.0571. The van der Waals surface area contributed by atoms with Gasteiger partial charge in [0, 0.05) is 22.9 Å². The number of amides is 2. The van der Waals surface area contributed by atoms with E-state index in [4.69, 9.17) is 0 Å². The van der Waals surface area contributed by atoms with Crippen molar-refractivity contribution in [3.8, 4) is 11.5 Å². The average molecular weight is 839 g/mol. The van der Waals surface area contributed by atoms with E-state index in [0.717, 1.165) is 45.0 Å². The Morgan fingerprint density at radius 1 is 0.571 bits per heavy atom. The topological polar surface area (TPSA) is 265 Å². The molecule has 4 aliphatic rings. The van der Waals surface area contributed by atoms with Crippen LogP contribution in [0.2, 0.25) is 0 Å². The van der Waals surface area contributed by atoms with Gasteiger partial charge in [0.1, 0.15) is 21.3 Å². The van der Waals surface area contributed by atoms with E-state index in [0.29, 0.717) is 11.1 Å². The number of urea groups is 1. The minimum atomic E-state index is -4.59. The molecule has 4 bridgehead atoms. The first kappa shape index (κ1) is 37.0. The highest BCUT2D eigenvalue weighted by molar-refractivity contribution is 7.93. The van der Waals surface area contributed by atoms with Crippen LogP contribution in [-0.2, 0) is 40.3 Å². The Morgan fingerprint density at radius 3 is 1.30 bits per heavy atom. The van der Waals surface area contributed by atoms with Gasteiger partial charge in [0.2, 0.25) is 0 Å². The molecular weight excluding hydrogens is 813 g/mol. The van der Waals surface area contributed by atoms with E-state index in [2.05, 4.69) is 10.6 Å². The van der Waals surface area contributed by atoms with Gasteiger partial charge in [-0.15, -0.1) is 0 Å². The Labute approximate surface area is 318 Å². The molecule has 6 aromatic rings. The van der Waals surface area contributed by atoms with E-state index in [1.165, 1.54) is 48.5 Å². The van der Waals surface area contributed by atoms with Gasteiger partial charge in [0.25, 0.3) is 40.3 Å². The molecule has 0 unspecified atom stereocenters. The maximum absolute atomic E-state index is 14.0. The normalized spacial score (nSPS) is 15.4. The molecule has 10 rings (SSSR count). The predicted octanol–water partition coefficient (Wildman–Crippen LogP) is 5.84. The van der Waals surface area contributed by atoms with Crippen molar-refractivity contribution in [2.45, 2.75) is 33.4 Å². The number of hydrogen-bond acceptors (Lipinski definition) is 11. The number of carbonyl (C=O) groups excluding carboxylic acids is 1. The molecular formula is C35H26N4O13S4. The third-order valence-electron chi connectivity index (χ3n) is 9.59. The second kappa shape index (κ2) is 12.0. The van der Waals surface area contributed by atoms with Crippen LogP contribution in [0.5, 0.6) is 11.5 Å². The second-order valence-electron chi connectivity index (χ2n) is 12.9. The van der Waals surface area contributed by atoms with Crippen molar-refractivity contribution in [2.24, 2.45) is 0 Å². The SMILES string of the molecule is Cc1c2ccc(c1NC(=O)Nc1c3ccc(c1C)N(c1cc(O)c4cc(S(=O)(=O)O)ccc4c1)S3(=O)=O)S(=O)(=O)N2c1cc(O)c2cc(S(=O)(=O)O)ccc2c1. The second-order valence-corrected chi connectivity index (χ2v) is 19.3. The predicted molar refractivity (Wildman–Crippen MR) is 205 cm³/mol. The van der Waals surface area contributed by atoms with Crippen LogP contribution in [0.3, 0.4) is 0 Å². The number of phenols is 2. The fourth-order valence-corrected chi connectivity index (χ4v) is 11.5. The molecule has 0 radical (unpaired) electrons. The Bertz CT molecular complexity index is 3050. The highest BCUT2D eigenvalue weighted by Gasteiger charge is 2.40. The zero-order valence-corrected chi connectivity index (χ0v) is 31.8. The lowest BCUT2D eigenvalue weighted by molar-refractivity contribution is 0.262. The fourth-order valence-electron chi connectivity index (χ4n) is 6.96. The maximum Gasteiger partial charge on any atom is 0.323 e. The van der Waals surface area contributed by atoms with Gasteiger partial charge in [-0.3, -0.25) is 9.11 Å². The molecule has 6 N–H and O–H groups in total. The molecule has 6 aromatic carbocycles. The Kier molecular flexibility index (Phi) is 7.93. The number of sulfonamides is 2. The Balaban J connectivity index is 1.11. The largest absolute Gasteiger partial charge is 0.507 e. The van der Waals surface area contributed by atoms with Crippen molar-refractivity contribution in [1.29, 1.82) is 0 Å². The number of aromatic hydroxyl groups is 2. The molecule has 288 valence electrons. The Morgan fingerprint density at radius 2 is 0.946 bits per heavy atom. The number of hydrogen-bond donors (Lipinski definition) is 6. The van der Waals surface area contributed by atoms with E-state index in [1.807, 2.05) is 0 Å². The highest BCUT2D eigenvalue weighted by Crippen LogP contribution is 2.49. The third kappa shape index (κ3) is 5.58. The Hall–Kier alpha value is -5.97. The summed E-state index contributed by atoms with van der Waals surface area (Å²) in [6, 6.07) is 16.4. The number of rotatable bonds is 6. The van der Waals surface area contributed by atoms with Crippen molar-refractivity contribution in [3.63, 3.8) is 0 Å². The van der Waals surface area contributed by atoms with Crippen molar-refractivity contribution in [3.05, 3.63) is 96.1 Å². The molecule has 4 aliphatic heterocycles. The summed E-state index contributed by atoms with van der Waals surface area (Å²) in [5.41, 5.74) is 0.593. The summed E-state index contributed by atoms with van der Waals surface area (Å²) in [4.78, 5) is 12.0. The van der Waals surface area contributed by atoms with Crippen LogP contribution >= 0.6 is 0 Å². The minimum absolute atomic E-state index is 0.00845. The monoisotopic (exact) mass is 838 g/mol. The summed E-state index contributed by atoms with van der Waals surface area (Å²) in [5.74, 6) is -0.938. The van der Waals surface area contributed by atoms with Crippen molar-refractivity contribution >= 4 is 102 Å². The molecule has 17 nitrogen and oxygen atoms in total. The lowest BCUT2D eigenvalue weighted by atomic mass is 10.1. The zero-order valence-electron chi connectivity index (χ0n) is 28.6. The van der Waals surface area contributed by atoms with Crippen LogP contribution in [0, 0.1) is 13.8 Å². The van der Waals surface area contributed by atoms with Gasteiger partial charge in [-0.1, -0.05) is 12.1 Å². The van der Waals surface area contributed by atoms with Crippen LogP contribution in [0.25, 0.3) is 21.5 Å². The molecule has 0 saturated heterocycles. The molecule has 0 spiro atoms. The van der Waals surface area contributed by atoms with Crippen LogP contribution in [0.1, 0.15) is 11.1 Å². The van der Waals surface area contributed by atoms with Crippen molar-refractivity contribution in [1.82, 2.24) is 0 Å². The van der Waals surface area contributed by atoms with Crippen molar-refractivity contribution < 1.29 is 57.8 Å². The van der Waals surface area contributed by atoms with E-state index < -0.39 is 67.6 Å². The highest BCUT2D eigenvalue weighted by atomic mass is 32.2. The summed E-state index contributed by atoms with van der Waals surface area (Å²) < 4.78 is 123. The molecule has 21 heteroatoms. The molecule has 2 amide bonds. The standard InChI is InChI=1S/C35H26N4O13S4/c1-17-27-7-9-31(53(43,44)38(27)21-11-19-3-5-23(55(47,48)49)15-25(19)29(40)13-21)33(17)36-35(42)37-34-18(2)28-8-10-32(34)54(45,46)39(28)22-12-20-4-6-24(56(50,51)52)16-26(20)30(41)14-22/h3-16,40-41H,1-2H3,(H2,36,37,42)(H,47,48,49)(H,50,51,52). The first-order valence-corrected chi connectivity index (χ1v) is 21.8. The molecule has 0 fully saturated rings. The number of nitrogens with zero attached hydrogens (tertiary/aromatic N) is 2. The first-order chi connectivity index (χ1) is 26.1. The number of benzene rings is 6. The van der Waals surface area contributed by atoms with E-state index >= 15 is 0 Å². The lowest BCUT2D eigenvalue weighted by Gasteiger charge is -2.34. The quantitative estimate of drug-likeness (QED) is 0.108. The van der Waals surface area contributed by atoms with Crippen LogP contribution in [0.4, 0.5) is 38.9 Å². The van der Waals surface area contributed by atoms with Crippen LogP contribution < -0.4 is 19.2 Å². The average Bonchev–Trinajstić information content (AvgIpc) is 3.09. The summed E-state index contributed by atoms with van der Waals surface area (Å²) >= 11 is 0. The van der Waals surface area contributed by atoms with Gasteiger partial charge in [0.05, 0.1) is 43.9 Å². The molecule has 56 heavy (non-hydrogen) atoms. The van der Waals surface area contributed by atoms with Crippen molar-refractivity contribution in [2.75, 3.05) is 19.2 Å². The molecule has 0 aliphatic carbocycles. The van der Waals surface area contributed by atoms with Gasteiger partial charge < -0.3 is 20.8 Å². The number of fused-ring (bicyclic) bond motifs is 8.